The number of piperidine rings is 1. The van der Waals surface area contributed by atoms with Crippen LogP contribution in [0.4, 0.5) is 0 Å². The zero-order chi connectivity index (χ0) is 16.9. The van der Waals surface area contributed by atoms with Crippen molar-refractivity contribution in [2.75, 3.05) is 20.1 Å². The molecule has 0 radical (unpaired) electrons. The monoisotopic (exact) mass is 345 g/mol. The van der Waals surface area contributed by atoms with Crippen LogP contribution in [0.2, 0.25) is 0 Å². The maximum atomic E-state index is 12.1. The normalized spacial score (nSPS) is 16.1. The molecule has 0 spiro atoms. The molecule has 0 aliphatic carbocycles. The Kier molecular flexibility index (Phi) is 5.48. The Labute approximate surface area is 146 Å². The fourth-order valence-electron chi connectivity index (χ4n) is 2.77. The van der Waals surface area contributed by atoms with Gasteiger partial charge in [-0.25, -0.2) is 0 Å². The van der Waals surface area contributed by atoms with E-state index >= 15 is 0 Å². The van der Waals surface area contributed by atoms with Gasteiger partial charge in [0.05, 0.1) is 11.3 Å². The van der Waals surface area contributed by atoms with Gasteiger partial charge in [-0.15, -0.1) is 0 Å². The Morgan fingerprint density at radius 2 is 2.04 bits per heavy atom. The third-order valence-corrected chi connectivity index (χ3v) is 5.06. The van der Waals surface area contributed by atoms with Crippen molar-refractivity contribution in [3.8, 4) is 5.75 Å². The van der Waals surface area contributed by atoms with Crippen molar-refractivity contribution in [3.63, 3.8) is 0 Å². The number of rotatable bonds is 5. The quantitative estimate of drug-likeness (QED) is 0.905. The average Bonchev–Trinajstić information content (AvgIpc) is 3.02. The van der Waals surface area contributed by atoms with E-state index in [0.29, 0.717) is 18.2 Å². The standard InChI is InChI=1S/C18H23N3O2S/c1-13-17(12-24-20-13)18(22)19-11-14-3-5-15(6-4-14)23-16-7-9-21(2)10-8-16/h3-6,12,16H,7-11H2,1-2H3,(H,19,22). The van der Waals surface area contributed by atoms with Gasteiger partial charge in [-0.2, -0.15) is 4.37 Å². The summed E-state index contributed by atoms with van der Waals surface area (Å²) in [6.07, 6.45) is 2.45. The van der Waals surface area contributed by atoms with E-state index in [4.69, 9.17) is 4.74 Å². The SMILES string of the molecule is Cc1nscc1C(=O)NCc1ccc(OC2CCN(C)CC2)cc1. The molecule has 1 aliphatic heterocycles. The minimum absolute atomic E-state index is 0.0760. The van der Waals surface area contributed by atoms with Gasteiger partial charge in [0.15, 0.2) is 0 Å². The molecular formula is C18H23N3O2S. The molecule has 1 fully saturated rings. The highest BCUT2D eigenvalue weighted by molar-refractivity contribution is 7.03. The number of aryl methyl sites for hydroxylation is 1. The zero-order valence-electron chi connectivity index (χ0n) is 14.1. The lowest BCUT2D eigenvalue weighted by molar-refractivity contribution is 0.0950. The summed E-state index contributed by atoms with van der Waals surface area (Å²) in [6, 6.07) is 7.97. The van der Waals surface area contributed by atoms with Crippen LogP contribution in [0.25, 0.3) is 0 Å². The van der Waals surface area contributed by atoms with Gasteiger partial charge >= 0.3 is 0 Å². The van der Waals surface area contributed by atoms with E-state index in [0.717, 1.165) is 42.9 Å². The van der Waals surface area contributed by atoms with E-state index in [9.17, 15) is 4.79 Å². The van der Waals surface area contributed by atoms with E-state index in [1.807, 2.05) is 31.2 Å². The first kappa shape index (κ1) is 16.9. The second-order valence-corrected chi connectivity index (χ2v) is 6.89. The summed E-state index contributed by atoms with van der Waals surface area (Å²) < 4.78 is 10.2. The minimum atomic E-state index is -0.0760. The smallest absolute Gasteiger partial charge is 0.254 e. The van der Waals surface area contributed by atoms with E-state index in [1.54, 1.807) is 5.38 Å². The van der Waals surface area contributed by atoms with Gasteiger partial charge in [-0.1, -0.05) is 12.1 Å². The van der Waals surface area contributed by atoms with Crippen LogP contribution in [0.5, 0.6) is 5.75 Å². The molecule has 2 aromatic rings. The number of carbonyl (C=O) groups excluding carboxylic acids is 1. The third-order valence-electron chi connectivity index (χ3n) is 4.34. The highest BCUT2D eigenvalue weighted by Gasteiger charge is 2.17. The Balaban J connectivity index is 1.49. The van der Waals surface area contributed by atoms with E-state index in [1.165, 1.54) is 11.5 Å². The second kappa shape index (κ2) is 7.77. The third kappa shape index (κ3) is 4.33. The Hall–Kier alpha value is -1.92. The fraction of sp³-hybridized carbons (Fsp3) is 0.444. The molecule has 5 nitrogen and oxygen atoms in total. The molecule has 128 valence electrons. The summed E-state index contributed by atoms with van der Waals surface area (Å²) in [5, 5.41) is 4.71. The lowest BCUT2D eigenvalue weighted by Crippen LogP contribution is -2.35. The van der Waals surface area contributed by atoms with Crippen LogP contribution in [-0.2, 0) is 6.54 Å². The number of hydrogen-bond acceptors (Lipinski definition) is 5. The molecule has 2 heterocycles. The van der Waals surface area contributed by atoms with Crippen molar-refractivity contribution in [2.45, 2.75) is 32.4 Å². The van der Waals surface area contributed by atoms with Crippen LogP contribution in [-0.4, -0.2) is 41.4 Å². The highest BCUT2D eigenvalue weighted by atomic mass is 32.1. The van der Waals surface area contributed by atoms with Crippen LogP contribution in [0.1, 0.15) is 34.5 Å². The van der Waals surface area contributed by atoms with Gasteiger partial charge in [0.25, 0.3) is 5.91 Å². The molecular weight excluding hydrogens is 322 g/mol. The number of benzene rings is 1. The molecule has 1 aromatic heterocycles. The molecule has 24 heavy (non-hydrogen) atoms. The number of ether oxygens (including phenoxy) is 1. The topological polar surface area (TPSA) is 54.5 Å². The van der Waals surface area contributed by atoms with Gasteiger partial charge in [0.2, 0.25) is 0 Å². The number of aromatic nitrogens is 1. The molecule has 1 amide bonds. The molecule has 1 aliphatic rings. The van der Waals surface area contributed by atoms with Gasteiger partial charge in [-0.3, -0.25) is 4.79 Å². The molecule has 1 N–H and O–H groups in total. The van der Waals surface area contributed by atoms with Gasteiger partial charge in [0, 0.05) is 25.0 Å². The molecule has 0 atom stereocenters. The number of amides is 1. The predicted molar refractivity (Wildman–Crippen MR) is 95.6 cm³/mol. The Morgan fingerprint density at radius 3 is 2.67 bits per heavy atom. The van der Waals surface area contributed by atoms with Crippen LogP contribution in [0, 0.1) is 6.92 Å². The molecule has 0 saturated carbocycles. The lowest BCUT2D eigenvalue weighted by atomic mass is 10.1. The van der Waals surface area contributed by atoms with Crippen LogP contribution >= 0.6 is 11.5 Å². The van der Waals surface area contributed by atoms with Crippen LogP contribution in [0.15, 0.2) is 29.6 Å². The van der Waals surface area contributed by atoms with Gasteiger partial charge in [-0.05, 0) is 56.0 Å². The number of nitrogens with zero attached hydrogens (tertiary/aromatic N) is 2. The lowest BCUT2D eigenvalue weighted by Gasteiger charge is -2.29. The van der Waals surface area contributed by atoms with Crippen molar-refractivity contribution < 1.29 is 9.53 Å². The van der Waals surface area contributed by atoms with Crippen molar-refractivity contribution in [1.82, 2.24) is 14.6 Å². The fourth-order valence-corrected chi connectivity index (χ4v) is 3.46. The summed E-state index contributed by atoms with van der Waals surface area (Å²) in [5.74, 6) is 0.824. The largest absolute Gasteiger partial charge is 0.490 e. The maximum absolute atomic E-state index is 12.1. The Bertz CT molecular complexity index is 676. The summed E-state index contributed by atoms with van der Waals surface area (Å²) in [4.78, 5) is 14.4. The maximum Gasteiger partial charge on any atom is 0.254 e. The molecule has 1 aromatic carbocycles. The van der Waals surface area contributed by atoms with E-state index in [2.05, 4.69) is 21.6 Å². The van der Waals surface area contributed by atoms with Gasteiger partial charge in [0.1, 0.15) is 11.9 Å². The summed E-state index contributed by atoms with van der Waals surface area (Å²) in [6.45, 7) is 4.53. The minimum Gasteiger partial charge on any atom is -0.490 e. The van der Waals surface area contributed by atoms with Crippen molar-refractivity contribution >= 4 is 17.4 Å². The van der Waals surface area contributed by atoms with E-state index < -0.39 is 0 Å². The number of hydrogen-bond donors (Lipinski definition) is 1. The average molecular weight is 345 g/mol. The molecule has 0 bridgehead atoms. The number of likely N-dealkylation sites (tertiary alicyclic amines) is 1. The number of nitrogens with one attached hydrogen (secondary N) is 1. The molecule has 1 saturated heterocycles. The summed E-state index contributed by atoms with van der Waals surface area (Å²) in [7, 11) is 2.15. The van der Waals surface area contributed by atoms with Crippen molar-refractivity contribution in [1.29, 1.82) is 0 Å². The Morgan fingerprint density at radius 1 is 1.33 bits per heavy atom. The first-order valence-corrected chi connectivity index (χ1v) is 9.09. The first-order valence-electron chi connectivity index (χ1n) is 8.25. The van der Waals surface area contributed by atoms with E-state index in [-0.39, 0.29) is 5.91 Å². The molecule has 0 unspecified atom stereocenters. The zero-order valence-corrected chi connectivity index (χ0v) is 14.9. The summed E-state index contributed by atoms with van der Waals surface area (Å²) >= 11 is 1.30. The van der Waals surface area contributed by atoms with Crippen LogP contribution < -0.4 is 10.1 Å². The second-order valence-electron chi connectivity index (χ2n) is 6.26. The van der Waals surface area contributed by atoms with Crippen molar-refractivity contribution in [3.05, 3.63) is 46.5 Å². The molecule has 3 rings (SSSR count). The van der Waals surface area contributed by atoms with Crippen molar-refractivity contribution in [2.24, 2.45) is 0 Å². The van der Waals surface area contributed by atoms with Gasteiger partial charge < -0.3 is 15.0 Å². The molecule has 6 heteroatoms. The number of carbonyl (C=O) groups is 1. The highest BCUT2D eigenvalue weighted by Crippen LogP contribution is 2.19. The van der Waals surface area contributed by atoms with Crippen LogP contribution in [0.3, 0.4) is 0 Å². The summed E-state index contributed by atoms with van der Waals surface area (Å²) in [5.41, 5.74) is 2.49. The first-order chi connectivity index (χ1) is 11.6. The predicted octanol–water partition coefficient (Wildman–Crippen LogP) is 2.85.